The first-order valence-electron chi connectivity index (χ1n) is 10.3. The summed E-state index contributed by atoms with van der Waals surface area (Å²) in [7, 11) is 0. The number of halogens is 2. The van der Waals surface area contributed by atoms with Crippen LogP contribution >= 0.6 is 0 Å². The van der Waals surface area contributed by atoms with Crippen molar-refractivity contribution in [1.29, 1.82) is 5.26 Å². The zero-order valence-electron chi connectivity index (χ0n) is 17.0. The second kappa shape index (κ2) is 9.33. The maximum Gasteiger partial charge on any atom is 0.268 e. The van der Waals surface area contributed by atoms with E-state index in [-0.39, 0.29) is 0 Å². The van der Waals surface area contributed by atoms with Crippen LogP contribution in [0.25, 0.3) is 6.08 Å². The predicted molar refractivity (Wildman–Crippen MR) is 107 cm³/mol. The van der Waals surface area contributed by atoms with E-state index in [4.69, 9.17) is 5.26 Å². The Morgan fingerprint density at radius 3 is 2.80 bits per heavy atom. The monoisotopic (exact) mass is 416 g/mol. The molecular weight excluding hydrogens is 390 g/mol. The lowest BCUT2D eigenvalue weighted by Gasteiger charge is -2.23. The van der Waals surface area contributed by atoms with Gasteiger partial charge in [-0.05, 0) is 30.7 Å². The van der Waals surface area contributed by atoms with Crippen molar-refractivity contribution in [3.05, 3.63) is 35.7 Å². The van der Waals surface area contributed by atoms with Crippen LogP contribution in [0, 0.1) is 23.2 Å². The van der Waals surface area contributed by atoms with E-state index in [2.05, 4.69) is 23.3 Å². The molecule has 2 aliphatic rings. The predicted octanol–water partition coefficient (Wildman–Crippen LogP) is 3.41. The number of nitrogens with zero attached hydrogens (tertiary/aromatic N) is 3. The van der Waals surface area contributed by atoms with Crippen molar-refractivity contribution in [3.8, 4) is 6.07 Å². The van der Waals surface area contributed by atoms with Gasteiger partial charge in [-0.15, -0.1) is 0 Å². The molecule has 1 saturated heterocycles. The Bertz CT molecular complexity index is 857. The Kier molecular flexibility index (Phi) is 6.80. The van der Waals surface area contributed by atoms with Crippen LogP contribution in [0.3, 0.4) is 0 Å². The second-order valence-corrected chi connectivity index (χ2v) is 8.25. The highest BCUT2D eigenvalue weighted by molar-refractivity contribution is 5.99. The first-order valence-corrected chi connectivity index (χ1v) is 10.3. The number of hydrogen-bond donors (Lipinski definition) is 1. The van der Waals surface area contributed by atoms with E-state index in [9.17, 15) is 18.4 Å². The van der Waals surface area contributed by atoms with Gasteiger partial charge in [0.15, 0.2) is 0 Å². The van der Waals surface area contributed by atoms with Crippen molar-refractivity contribution in [2.45, 2.75) is 51.0 Å². The number of likely N-dealkylation sites (tertiary alicyclic amines) is 1. The van der Waals surface area contributed by atoms with Gasteiger partial charge in [0.1, 0.15) is 6.04 Å². The molecule has 3 rings (SSSR count). The summed E-state index contributed by atoms with van der Waals surface area (Å²) in [6.45, 7) is 1.01. The Balaban J connectivity index is 1.61. The van der Waals surface area contributed by atoms with Crippen LogP contribution in [0.2, 0.25) is 0 Å². The summed E-state index contributed by atoms with van der Waals surface area (Å²) in [4.78, 5) is 29.8. The molecule has 6 nitrogen and oxygen atoms in total. The summed E-state index contributed by atoms with van der Waals surface area (Å²) < 4.78 is 27.0. The summed E-state index contributed by atoms with van der Waals surface area (Å²) in [6, 6.07) is 2.11. The lowest BCUT2D eigenvalue weighted by molar-refractivity contribution is -0.131. The highest BCUT2D eigenvalue weighted by Gasteiger charge is 2.47. The van der Waals surface area contributed by atoms with Crippen LogP contribution < -0.4 is 5.32 Å². The number of carbonyl (C=O) groups excluding carboxylic acids is 2. The third-order valence-corrected chi connectivity index (χ3v) is 5.84. The number of nitrogens with one attached hydrogen (secondary N) is 1. The molecule has 0 aromatic carbocycles. The van der Waals surface area contributed by atoms with Gasteiger partial charge in [-0.25, -0.2) is 8.78 Å². The molecule has 8 heteroatoms. The quantitative estimate of drug-likeness (QED) is 0.797. The van der Waals surface area contributed by atoms with Crippen LogP contribution in [0.15, 0.2) is 24.5 Å². The highest BCUT2D eigenvalue weighted by atomic mass is 19.3. The van der Waals surface area contributed by atoms with Gasteiger partial charge in [0.05, 0.1) is 19.2 Å². The fourth-order valence-electron chi connectivity index (χ4n) is 4.01. The van der Waals surface area contributed by atoms with E-state index in [1.165, 1.54) is 19.0 Å². The molecule has 1 N–H and O–H groups in total. The molecule has 2 heterocycles. The molecule has 0 spiro atoms. The zero-order chi connectivity index (χ0) is 21.7. The number of amides is 2. The molecule has 1 saturated carbocycles. The molecule has 1 atom stereocenters. The number of allylic oxidation sites excluding steroid dienone is 1. The zero-order valence-corrected chi connectivity index (χ0v) is 17.0. The molecule has 1 aromatic rings. The van der Waals surface area contributed by atoms with E-state index in [1.807, 2.05) is 6.08 Å². The van der Waals surface area contributed by atoms with E-state index in [0.717, 1.165) is 23.7 Å². The average molecular weight is 416 g/mol. The van der Waals surface area contributed by atoms with Crippen LogP contribution in [0.5, 0.6) is 0 Å². The Labute approximate surface area is 175 Å². The van der Waals surface area contributed by atoms with Crippen molar-refractivity contribution in [2.75, 3.05) is 13.1 Å². The average Bonchev–Trinajstić information content (AvgIpc) is 3.06. The first-order chi connectivity index (χ1) is 14.3. The molecule has 2 amide bonds. The number of nitriles is 1. The van der Waals surface area contributed by atoms with Crippen LogP contribution in [0.1, 0.15) is 54.9 Å². The van der Waals surface area contributed by atoms with Crippen molar-refractivity contribution in [1.82, 2.24) is 15.2 Å². The van der Waals surface area contributed by atoms with Gasteiger partial charge in [-0.2, -0.15) is 5.26 Å². The molecular formula is C22H26F2N4O2. The Morgan fingerprint density at radius 1 is 1.37 bits per heavy atom. The van der Waals surface area contributed by atoms with Crippen LogP contribution in [-0.4, -0.2) is 46.8 Å². The van der Waals surface area contributed by atoms with Crippen LogP contribution in [-0.2, 0) is 4.79 Å². The van der Waals surface area contributed by atoms with Gasteiger partial charge in [-0.3, -0.25) is 14.6 Å². The number of carbonyl (C=O) groups is 2. The number of alkyl halides is 2. The van der Waals surface area contributed by atoms with Gasteiger partial charge < -0.3 is 10.2 Å². The van der Waals surface area contributed by atoms with E-state index < -0.39 is 43.3 Å². The Hall–Kier alpha value is -2.82. The molecule has 30 heavy (non-hydrogen) atoms. The molecule has 2 fully saturated rings. The second-order valence-electron chi connectivity index (χ2n) is 8.25. The lowest BCUT2D eigenvalue weighted by atomic mass is 9.83. The van der Waals surface area contributed by atoms with Crippen molar-refractivity contribution in [2.24, 2.45) is 11.8 Å². The first kappa shape index (κ1) is 21.9. The van der Waals surface area contributed by atoms with Crippen molar-refractivity contribution in [3.63, 3.8) is 0 Å². The molecule has 1 aliphatic carbocycles. The van der Waals surface area contributed by atoms with Crippen molar-refractivity contribution < 1.29 is 18.4 Å². The molecule has 1 aromatic heterocycles. The number of aromatic nitrogens is 1. The third kappa shape index (κ3) is 5.41. The molecule has 0 bridgehead atoms. The highest BCUT2D eigenvalue weighted by Crippen LogP contribution is 2.32. The molecule has 0 radical (unpaired) electrons. The summed E-state index contributed by atoms with van der Waals surface area (Å²) in [5.74, 6) is -3.04. The molecule has 160 valence electrons. The SMILES string of the molecule is CC1CCC(/C=C/c2cnccc2C(=O)NCC(=O)N2CC(F)(F)C[C@H]2C#N)CC1. The minimum atomic E-state index is -3.08. The van der Waals surface area contributed by atoms with E-state index >= 15 is 0 Å². The summed E-state index contributed by atoms with van der Waals surface area (Å²) in [5.41, 5.74) is 1.01. The fourth-order valence-corrected chi connectivity index (χ4v) is 4.01. The van der Waals surface area contributed by atoms with Crippen LogP contribution in [0.4, 0.5) is 8.78 Å². The van der Waals surface area contributed by atoms with E-state index in [1.54, 1.807) is 18.3 Å². The number of pyridine rings is 1. The molecule has 1 aliphatic heterocycles. The minimum Gasteiger partial charge on any atom is -0.343 e. The Morgan fingerprint density at radius 2 is 2.10 bits per heavy atom. The van der Waals surface area contributed by atoms with Gasteiger partial charge >= 0.3 is 0 Å². The number of hydrogen-bond acceptors (Lipinski definition) is 4. The third-order valence-electron chi connectivity index (χ3n) is 5.84. The normalized spacial score (nSPS) is 25.8. The van der Waals surface area contributed by atoms with E-state index in [0.29, 0.717) is 17.0 Å². The minimum absolute atomic E-state index is 0.363. The van der Waals surface area contributed by atoms with Crippen molar-refractivity contribution >= 4 is 17.9 Å². The van der Waals surface area contributed by atoms with Gasteiger partial charge in [0, 0.05) is 29.9 Å². The molecule has 0 unspecified atom stereocenters. The largest absolute Gasteiger partial charge is 0.343 e. The van der Waals surface area contributed by atoms with Gasteiger partial charge in [0.2, 0.25) is 5.91 Å². The summed E-state index contributed by atoms with van der Waals surface area (Å²) in [5, 5.41) is 11.5. The fraction of sp³-hybridized carbons (Fsp3) is 0.545. The smallest absolute Gasteiger partial charge is 0.268 e. The standard InChI is InChI=1S/C22H26F2N4O2/c1-15-2-4-16(5-3-15)6-7-17-12-26-9-8-19(17)21(30)27-13-20(29)28-14-22(23,24)10-18(28)11-25/h6-9,12,15-16,18H,2-5,10,13-14H2,1H3,(H,27,30)/b7-6+/t15?,16?,18-/m0/s1. The summed E-state index contributed by atoms with van der Waals surface area (Å²) >= 11 is 0. The maximum absolute atomic E-state index is 13.5. The van der Waals surface area contributed by atoms with Gasteiger partial charge in [0.25, 0.3) is 11.8 Å². The number of rotatable bonds is 5. The maximum atomic E-state index is 13.5. The lowest BCUT2D eigenvalue weighted by Crippen LogP contribution is -2.43. The van der Waals surface area contributed by atoms with Gasteiger partial charge in [-0.1, -0.05) is 31.9 Å². The summed E-state index contributed by atoms with van der Waals surface area (Å²) in [6.07, 6.45) is 11.0. The topological polar surface area (TPSA) is 86.1 Å².